The summed E-state index contributed by atoms with van der Waals surface area (Å²) in [6, 6.07) is 17.4. The molecule has 0 radical (unpaired) electrons. The maximum absolute atomic E-state index is 13.5. The number of aromatic carboxylic acids is 1. The van der Waals surface area contributed by atoms with Crippen LogP contribution < -0.4 is 0 Å². The third-order valence-electron chi connectivity index (χ3n) is 4.49. The minimum absolute atomic E-state index is 0.0365. The molecule has 1 heterocycles. The molecule has 0 unspecified atom stereocenters. The van der Waals surface area contributed by atoms with E-state index in [1.165, 1.54) is 12.1 Å². The lowest BCUT2D eigenvalue weighted by Crippen LogP contribution is -2.02. The van der Waals surface area contributed by atoms with Crippen LogP contribution in [0, 0.1) is 5.82 Å². The second kappa shape index (κ2) is 6.66. The first kappa shape index (κ1) is 17.5. The molecule has 0 spiro atoms. The molecule has 138 valence electrons. The number of aromatic hydroxyl groups is 2. The standard InChI is InChI=1S/C22H14FNO4/c23-15-7-10-18-17(11-15)19(22(27)28)21(26)20(24-18)14-3-1-12(2-4-14)13-5-8-16(25)9-6-13/h1-11,25-26H,(H,27,28). The lowest BCUT2D eigenvalue weighted by molar-refractivity contribution is 0.0696. The Morgan fingerprint density at radius 3 is 2.00 bits per heavy atom. The van der Waals surface area contributed by atoms with Crippen LogP contribution in [0.1, 0.15) is 10.4 Å². The molecule has 3 N–H and O–H groups in total. The van der Waals surface area contributed by atoms with Crippen molar-refractivity contribution < 1.29 is 24.5 Å². The van der Waals surface area contributed by atoms with E-state index in [1.807, 2.05) is 0 Å². The Bertz CT molecular complexity index is 1200. The van der Waals surface area contributed by atoms with Crippen LogP contribution in [-0.2, 0) is 0 Å². The number of phenolic OH excluding ortho intramolecular Hbond substituents is 1. The molecule has 0 bridgehead atoms. The van der Waals surface area contributed by atoms with Gasteiger partial charge >= 0.3 is 5.97 Å². The van der Waals surface area contributed by atoms with Crippen LogP contribution in [0.25, 0.3) is 33.3 Å². The molecule has 0 saturated heterocycles. The Morgan fingerprint density at radius 2 is 1.39 bits per heavy atom. The number of rotatable bonds is 3. The molecule has 3 aromatic carbocycles. The fourth-order valence-electron chi connectivity index (χ4n) is 3.12. The maximum atomic E-state index is 13.5. The molecule has 4 rings (SSSR count). The molecule has 6 heteroatoms. The number of phenols is 1. The Morgan fingerprint density at radius 1 is 0.821 bits per heavy atom. The predicted octanol–water partition coefficient (Wildman–Crippen LogP) is 4.82. The van der Waals surface area contributed by atoms with Crippen LogP contribution in [0.5, 0.6) is 11.5 Å². The van der Waals surface area contributed by atoms with Gasteiger partial charge in [0.15, 0.2) is 5.75 Å². The van der Waals surface area contributed by atoms with Gasteiger partial charge < -0.3 is 15.3 Å². The number of carboxylic acid groups (broad SMARTS) is 1. The van der Waals surface area contributed by atoms with Crippen molar-refractivity contribution in [3.05, 3.63) is 78.1 Å². The van der Waals surface area contributed by atoms with E-state index in [0.717, 1.165) is 17.2 Å². The minimum atomic E-state index is -1.36. The van der Waals surface area contributed by atoms with Crippen molar-refractivity contribution in [3.8, 4) is 33.9 Å². The summed E-state index contributed by atoms with van der Waals surface area (Å²) >= 11 is 0. The highest BCUT2D eigenvalue weighted by Crippen LogP contribution is 2.36. The number of benzene rings is 3. The molecule has 1 aromatic heterocycles. The molecule has 0 atom stereocenters. The van der Waals surface area contributed by atoms with E-state index < -0.39 is 17.5 Å². The summed E-state index contributed by atoms with van der Waals surface area (Å²) in [7, 11) is 0. The smallest absolute Gasteiger partial charge is 0.340 e. The van der Waals surface area contributed by atoms with Crippen molar-refractivity contribution in [2.24, 2.45) is 0 Å². The molecule has 4 aromatic rings. The van der Waals surface area contributed by atoms with Crippen molar-refractivity contribution in [1.82, 2.24) is 4.98 Å². The highest BCUT2D eigenvalue weighted by molar-refractivity contribution is 6.07. The number of fused-ring (bicyclic) bond motifs is 1. The van der Waals surface area contributed by atoms with E-state index in [-0.39, 0.29) is 27.9 Å². The van der Waals surface area contributed by atoms with Crippen LogP contribution in [0.3, 0.4) is 0 Å². The Hall–Kier alpha value is -3.93. The van der Waals surface area contributed by atoms with Gasteiger partial charge in [-0.15, -0.1) is 0 Å². The van der Waals surface area contributed by atoms with Crippen molar-refractivity contribution in [1.29, 1.82) is 0 Å². The summed E-state index contributed by atoms with van der Waals surface area (Å²) in [5.74, 6) is -2.31. The highest BCUT2D eigenvalue weighted by atomic mass is 19.1. The number of pyridine rings is 1. The van der Waals surface area contributed by atoms with E-state index in [4.69, 9.17) is 0 Å². The summed E-state index contributed by atoms with van der Waals surface area (Å²) in [4.78, 5) is 16.0. The zero-order chi connectivity index (χ0) is 19.8. The quantitative estimate of drug-likeness (QED) is 0.478. The lowest BCUT2D eigenvalue weighted by atomic mass is 9.99. The summed E-state index contributed by atoms with van der Waals surface area (Å²) in [5.41, 5.74) is 2.28. The predicted molar refractivity (Wildman–Crippen MR) is 103 cm³/mol. The van der Waals surface area contributed by atoms with Crippen molar-refractivity contribution in [3.63, 3.8) is 0 Å². The number of aromatic nitrogens is 1. The van der Waals surface area contributed by atoms with Crippen molar-refractivity contribution >= 4 is 16.9 Å². The van der Waals surface area contributed by atoms with E-state index in [0.29, 0.717) is 5.56 Å². The van der Waals surface area contributed by atoms with Gasteiger partial charge in [0.2, 0.25) is 0 Å². The molecule has 28 heavy (non-hydrogen) atoms. The van der Waals surface area contributed by atoms with Gasteiger partial charge in [-0.3, -0.25) is 0 Å². The van der Waals surface area contributed by atoms with Crippen LogP contribution in [0.15, 0.2) is 66.7 Å². The van der Waals surface area contributed by atoms with Gasteiger partial charge in [0.05, 0.1) is 5.52 Å². The van der Waals surface area contributed by atoms with Gasteiger partial charge in [0.1, 0.15) is 22.8 Å². The van der Waals surface area contributed by atoms with Gasteiger partial charge in [-0.1, -0.05) is 36.4 Å². The van der Waals surface area contributed by atoms with Crippen LogP contribution in [0.4, 0.5) is 4.39 Å². The third-order valence-corrected chi connectivity index (χ3v) is 4.49. The first-order chi connectivity index (χ1) is 13.4. The SMILES string of the molecule is O=C(O)c1c(O)c(-c2ccc(-c3ccc(O)cc3)cc2)nc2ccc(F)cc12. The van der Waals surface area contributed by atoms with Crippen LogP contribution in [0.2, 0.25) is 0 Å². The number of hydrogen-bond acceptors (Lipinski definition) is 4. The molecule has 0 aliphatic heterocycles. The van der Waals surface area contributed by atoms with Crippen molar-refractivity contribution in [2.45, 2.75) is 0 Å². The van der Waals surface area contributed by atoms with Gasteiger partial charge in [-0.05, 0) is 41.5 Å². The van der Waals surface area contributed by atoms with Gasteiger partial charge in [-0.2, -0.15) is 0 Å². The molecule has 0 amide bonds. The van der Waals surface area contributed by atoms with Gasteiger partial charge in [0.25, 0.3) is 0 Å². The van der Waals surface area contributed by atoms with E-state index in [9.17, 15) is 24.5 Å². The normalized spacial score (nSPS) is 10.9. The molecule has 5 nitrogen and oxygen atoms in total. The zero-order valence-corrected chi connectivity index (χ0v) is 14.4. The van der Waals surface area contributed by atoms with E-state index in [1.54, 1.807) is 48.5 Å². The average Bonchev–Trinajstić information content (AvgIpc) is 2.68. The molecule has 0 saturated carbocycles. The second-order valence-electron chi connectivity index (χ2n) is 6.27. The first-order valence-electron chi connectivity index (χ1n) is 8.39. The van der Waals surface area contributed by atoms with E-state index in [2.05, 4.69) is 4.98 Å². The minimum Gasteiger partial charge on any atom is -0.508 e. The van der Waals surface area contributed by atoms with Gasteiger partial charge in [-0.25, -0.2) is 14.2 Å². The van der Waals surface area contributed by atoms with Crippen LogP contribution in [-0.4, -0.2) is 26.3 Å². The largest absolute Gasteiger partial charge is 0.508 e. The first-order valence-corrected chi connectivity index (χ1v) is 8.39. The number of halogens is 1. The Balaban J connectivity index is 1.85. The number of carbonyl (C=O) groups is 1. The van der Waals surface area contributed by atoms with Crippen LogP contribution >= 0.6 is 0 Å². The fourth-order valence-corrected chi connectivity index (χ4v) is 3.12. The highest BCUT2D eigenvalue weighted by Gasteiger charge is 2.21. The summed E-state index contributed by atoms with van der Waals surface area (Å²) in [6.07, 6.45) is 0. The summed E-state index contributed by atoms with van der Waals surface area (Å²) in [5, 5.41) is 29.5. The topological polar surface area (TPSA) is 90.7 Å². The molecular formula is C22H14FNO4. The van der Waals surface area contributed by atoms with Gasteiger partial charge in [0, 0.05) is 10.9 Å². The number of hydrogen-bond donors (Lipinski definition) is 3. The number of nitrogens with zero attached hydrogens (tertiary/aromatic N) is 1. The average molecular weight is 375 g/mol. The number of carboxylic acids is 1. The maximum Gasteiger partial charge on any atom is 0.340 e. The zero-order valence-electron chi connectivity index (χ0n) is 14.4. The second-order valence-corrected chi connectivity index (χ2v) is 6.27. The lowest BCUT2D eigenvalue weighted by Gasteiger charge is -2.11. The molecule has 0 aliphatic carbocycles. The summed E-state index contributed by atoms with van der Waals surface area (Å²) < 4.78 is 13.5. The van der Waals surface area contributed by atoms with Crippen molar-refractivity contribution in [2.75, 3.05) is 0 Å². The molecule has 0 fully saturated rings. The fraction of sp³-hybridized carbons (Fsp3) is 0. The van der Waals surface area contributed by atoms with E-state index >= 15 is 0 Å². The Labute approximate surface area is 159 Å². The third kappa shape index (κ3) is 3.01. The summed E-state index contributed by atoms with van der Waals surface area (Å²) in [6.45, 7) is 0. The molecular weight excluding hydrogens is 361 g/mol. The molecule has 0 aliphatic rings. The monoisotopic (exact) mass is 375 g/mol. The Kier molecular flexibility index (Phi) is 4.16.